The molecule has 0 spiro atoms. The summed E-state index contributed by atoms with van der Waals surface area (Å²) in [6, 6.07) is 10.8. The van der Waals surface area contributed by atoms with Gasteiger partial charge in [-0.1, -0.05) is 37.6 Å². The van der Waals surface area contributed by atoms with Gasteiger partial charge < -0.3 is 5.11 Å². The molecule has 2 heteroatoms. The lowest BCUT2D eigenvalue weighted by Crippen LogP contribution is -2.50. The second-order valence-electron chi connectivity index (χ2n) is 6.70. The third-order valence-electron chi connectivity index (χ3n) is 5.72. The maximum absolute atomic E-state index is 11.2. The first-order valence-corrected chi connectivity index (χ1v) is 7.83. The summed E-state index contributed by atoms with van der Waals surface area (Å²) in [6.45, 7) is 2.22. The van der Waals surface area contributed by atoms with Crippen LogP contribution in [0.5, 0.6) is 0 Å². The van der Waals surface area contributed by atoms with Crippen molar-refractivity contribution >= 4 is 0 Å². The van der Waals surface area contributed by atoms with E-state index in [-0.39, 0.29) is 0 Å². The number of benzene rings is 1. The number of nitrogens with zero attached hydrogens (tertiary/aromatic N) is 1. The second kappa shape index (κ2) is 4.90. The van der Waals surface area contributed by atoms with Crippen molar-refractivity contribution in [1.82, 2.24) is 0 Å². The molecule has 0 aromatic heterocycles. The number of hydrogen-bond donors (Lipinski definition) is 1. The van der Waals surface area contributed by atoms with Crippen LogP contribution in [0.25, 0.3) is 0 Å². The largest absolute Gasteiger partial charge is 0.388 e. The van der Waals surface area contributed by atoms with Crippen LogP contribution in [0.4, 0.5) is 0 Å². The van der Waals surface area contributed by atoms with E-state index in [4.69, 9.17) is 0 Å². The molecule has 0 amide bonds. The number of rotatable bonds is 2. The Balaban J connectivity index is 1.87. The lowest BCUT2D eigenvalue weighted by molar-refractivity contribution is -0.0877. The maximum Gasteiger partial charge on any atom is 0.0940 e. The van der Waals surface area contributed by atoms with Gasteiger partial charge >= 0.3 is 0 Å². The molecule has 0 heterocycles. The Labute approximate surface area is 121 Å². The normalized spacial score (nSPS) is 31.6. The zero-order valence-corrected chi connectivity index (χ0v) is 12.2. The quantitative estimate of drug-likeness (QED) is 0.891. The van der Waals surface area contributed by atoms with Gasteiger partial charge in [-0.05, 0) is 55.6 Å². The average molecular weight is 269 g/mol. The molecule has 1 aromatic rings. The monoisotopic (exact) mass is 269 g/mol. The molecule has 1 saturated carbocycles. The van der Waals surface area contributed by atoms with Crippen LogP contribution in [-0.4, -0.2) is 10.7 Å². The van der Waals surface area contributed by atoms with Crippen molar-refractivity contribution < 1.29 is 5.11 Å². The first kappa shape index (κ1) is 13.6. The van der Waals surface area contributed by atoms with Gasteiger partial charge in [-0.3, -0.25) is 0 Å². The van der Waals surface area contributed by atoms with Gasteiger partial charge in [-0.25, -0.2) is 0 Å². The van der Waals surface area contributed by atoms with Gasteiger partial charge in [0.2, 0.25) is 0 Å². The molecule has 0 radical (unpaired) electrons. The third-order valence-corrected chi connectivity index (χ3v) is 5.72. The van der Waals surface area contributed by atoms with E-state index in [9.17, 15) is 10.4 Å². The van der Waals surface area contributed by atoms with Gasteiger partial charge in [-0.15, -0.1) is 0 Å². The fourth-order valence-corrected chi connectivity index (χ4v) is 4.17. The minimum absolute atomic E-state index is 0.602. The van der Waals surface area contributed by atoms with Gasteiger partial charge in [0.1, 0.15) is 0 Å². The summed E-state index contributed by atoms with van der Waals surface area (Å²) in [5.41, 5.74) is 1.10. The Bertz CT molecular complexity index is 510. The van der Waals surface area contributed by atoms with Gasteiger partial charge in [0.25, 0.3) is 0 Å². The second-order valence-corrected chi connectivity index (χ2v) is 6.70. The summed E-state index contributed by atoms with van der Waals surface area (Å²) in [5, 5.41) is 21.0. The van der Waals surface area contributed by atoms with Crippen LogP contribution >= 0.6 is 0 Å². The molecule has 3 rings (SSSR count). The van der Waals surface area contributed by atoms with Crippen LogP contribution in [-0.2, 0) is 12.8 Å². The van der Waals surface area contributed by atoms with E-state index >= 15 is 0 Å². The Morgan fingerprint density at radius 1 is 1.20 bits per heavy atom. The van der Waals surface area contributed by atoms with Crippen molar-refractivity contribution in [2.24, 2.45) is 11.3 Å². The Morgan fingerprint density at radius 3 is 2.20 bits per heavy atom. The summed E-state index contributed by atoms with van der Waals surface area (Å²) >= 11 is 0. The molecule has 106 valence electrons. The standard InChI is InChI=1S/C18H23NO/c1-2-14-7-9-18(20,10-8-14)17(13-19)11-15-5-3-4-6-16(15)12-17/h3-6,14,20H,2,7-12H2,1H3. The molecule has 0 unspecified atom stereocenters. The van der Waals surface area contributed by atoms with Gasteiger partial charge in [0.05, 0.1) is 17.1 Å². The van der Waals surface area contributed by atoms with Gasteiger partial charge in [0.15, 0.2) is 0 Å². The maximum atomic E-state index is 11.2. The van der Waals surface area contributed by atoms with E-state index in [1.54, 1.807) is 0 Å². The Morgan fingerprint density at radius 2 is 1.75 bits per heavy atom. The molecule has 0 bridgehead atoms. The highest BCUT2D eigenvalue weighted by molar-refractivity contribution is 5.39. The summed E-state index contributed by atoms with van der Waals surface area (Å²) in [4.78, 5) is 0. The number of fused-ring (bicyclic) bond motifs is 1. The molecule has 1 aromatic carbocycles. The zero-order chi connectivity index (χ0) is 14.2. The molecular formula is C18H23NO. The lowest BCUT2D eigenvalue weighted by Gasteiger charge is -2.45. The van der Waals surface area contributed by atoms with Crippen LogP contribution in [0.1, 0.15) is 50.2 Å². The van der Waals surface area contributed by atoms with Crippen molar-refractivity contribution in [3.63, 3.8) is 0 Å². The van der Waals surface area contributed by atoms with E-state index < -0.39 is 11.0 Å². The van der Waals surface area contributed by atoms with E-state index in [2.05, 4.69) is 25.1 Å². The third kappa shape index (κ3) is 1.96. The van der Waals surface area contributed by atoms with E-state index in [0.717, 1.165) is 31.6 Å². The molecular weight excluding hydrogens is 246 g/mol. The molecule has 2 aliphatic rings. The smallest absolute Gasteiger partial charge is 0.0940 e. The molecule has 0 aliphatic heterocycles. The topological polar surface area (TPSA) is 44.0 Å². The van der Waals surface area contributed by atoms with Crippen molar-refractivity contribution in [3.05, 3.63) is 35.4 Å². The molecule has 1 fully saturated rings. The van der Waals surface area contributed by atoms with Crippen LogP contribution in [0.3, 0.4) is 0 Å². The highest BCUT2D eigenvalue weighted by Gasteiger charge is 2.54. The predicted octanol–water partition coefficient (Wildman–Crippen LogP) is 3.63. The number of nitriles is 1. The summed E-state index contributed by atoms with van der Waals surface area (Å²) < 4.78 is 0. The molecule has 1 N–H and O–H groups in total. The molecule has 0 atom stereocenters. The lowest BCUT2D eigenvalue weighted by atomic mass is 9.62. The van der Waals surface area contributed by atoms with Crippen molar-refractivity contribution in [2.45, 2.75) is 57.5 Å². The highest BCUT2D eigenvalue weighted by Crippen LogP contribution is 2.51. The first-order valence-electron chi connectivity index (χ1n) is 7.83. The van der Waals surface area contributed by atoms with Crippen molar-refractivity contribution in [2.75, 3.05) is 0 Å². The fraction of sp³-hybridized carbons (Fsp3) is 0.611. The van der Waals surface area contributed by atoms with Gasteiger partial charge in [-0.2, -0.15) is 5.26 Å². The summed E-state index contributed by atoms with van der Waals surface area (Å²) in [6.07, 6.45) is 6.31. The molecule has 0 saturated heterocycles. The Kier molecular flexibility index (Phi) is 3.34. The number of hydrogen-bond acceptors (Lipinski definition) is 2. The first-order chi connectivity index (χ1) is 9.62. The Hall–Kier alpha value is -1.33. The minimum atomic E-state index is -0.799. The van der Waals surface area contributed by atoms with E-state index in [0.29, 0.717) is 12.8 Å². The predicted molar refractivity (Wildman–Crippen MR) is 79.1 cm³/mol. The van der Waals surface area contributed by atoms with Crippen molar-refractivity contribution in [1.29, 1.82) is 5.26 Å². The fourth-order valence-electron chi connectivity index (χ4n) is 4.17. The van der Waals surface area contributed by atoms with Crippen LogP contribution < -0.4 is 0 Å². The van der Waals surface area contributed by atoms with E-state index in [1.165, 1.54) is 17.5 Å². The van der Waals surface area contributed by atoms with Crippen LogP contribution in [0.15, 0.2) is 24.3 Å². The SMILES string of the molecule is CCC1CCC(O)(C2(C#N)Cc3ccccc3C2)CC1. The summed E-state index contributed by atoms with van der Waals surface area (Å²) in [5.74, 6) is 0.731. The van der Waals surface area contributed by atoms with Gasteiger partial charge in [0, 0.05) is 0 Å². The minimum Gasteiger partial charge on any atom is -0.388 e. The van der Waals surface area contributed by atoms with Crippen molar-refractivity contribution in [3.8, 4) is 6.07 Å². The molecule has 2 aliphatic carbocycles. The molecule has 2 nitrogen and oxygen atoms in total. The molecule has 20 heavy (non-hydrogen) atoms. The summed E-state index contributed by atoms with van der Waals surface area (Å²) in [7, 11) is 0. The zero-order valence-electron chi connectivity index (χ0n) is 12.2. The average Bonchev–Trinajstić information content (AvgIpc) is 2.88. The highest BCUT2D eigenvalue weighted by atomic mass is 16.3. The number of aliphatic hydroxyl groups is 1. The van der Waals surface area contributed by atoms with E-state index in [1.807, 2.05) is 12.1 Å². The van der Waals surface area contributed by atoms with Crippen LogP contribution in [0, 0.1) is 22.7 Å². The van der Waals surface area contributed by atoms with Crippen LogP contribution in [0.2, 0.25) is 0 Å².